The van der Waals surface area contributed by atoms with Crippen molar-refractivity contribution in [2.24, 2.45) is 0 Å². The normalized spacial score (nSPS) is 13.5. The van der Waals surface area contributed by atoms with Gasteiger partial charge in [-0.25, -0.2) is 0 Å². The van der Waals surface area contributed by atoms with E-state index in [1.165, 1.54) is 36.4 Å². The van der Waals surface area contributed by atoms with E-state index in [2.05, 4.69) is 5.32 Å². The molecule has 0 bridgehead atoms. The molecule has 1 N–H and O–H groups in total. The number of nitrogens with one attached hydrogen (secondary N) is 1. The number of hydrogen-bond donors (Lipinski definition) is 1. The average molecular weight is 484 g/mol. The molecule has 0 saturated carbocycles. The van der Waals surface area contributed by atoms with Gasteiger partial charge in [0.2, 0.25) is 5.91 Å². The fraction of sp³-hybridized carbons (Fsp3) is 0.286. The van der Waals surface area contributed by atoms with Crippen molar-refractivity contribution in [2.45, 2.75) is 38.2 Å². The van der Waals surface area contributed by atoms with Gasteiger partial charge in [0.1, 0.15) is 6.42 Å². The van der Waals surface area contributed by atoms with E-state index in [0.717, 1.165) is 6.08 Å². The Morgan fingerprint density at radius 1 is 1.06 bits per heavy atom. The zero-order valence-corrected chi connectivity index (χ0v) is 17.6. The van der Waals surface area contributed by atoms with Crippen LogP contribution in [0.2, 0.25) is 10.0 Å². The Hall–Kier alpha value is -2.19. The highest BCUT2D eigenvalue weighted by Gasteiger charge is 2.39. The van der Waals surface area contributed by atoms with Gasteiger partial charge in [-0.05, 0) is 47.4 Å². The Kier molecular flexibility index (Phi) is 8.05. The van der Waals surface area contributed by atoms with Gasteiger partial charge in [0.05, 0.1) is 5.92 Å². The minimum Gasteiger partial charge on any atom is -0.352 e. The number of hydrogen-bond acceptors (Lipinski definition) is 1. The summed E-state index contributed by atoms with van der Waals surface area (Å²) in [7, 11) is 0. The lowest BCUT2D eigenvalue weighted by Crippen LogP contribution is -2.28. The minimum absolute atomic E-state index is 0.0103. The van der Waals surface area contributed by atoms with Crippen molar-refractivity contribution < 1.29 is 31.1 Å². The molecule has 0 aliphatic heterocycles. The molecule has 10 heteroatoms. The Labute approximate surface area is 184 Å². The minimum atomic E-state index is -4.63. The Balaban J connectivity index is 2.17. The second-order valence-corrected chi connectivity index (χ2v) is 7.70. The number of amides is 1. The van der Waals surface area contributed by atoms with Crippen LogP contribution in [0.5, 0.6) is 0 Å². The van der Waals surface area contributed by atoms with E-state index in [4.69, 9.17) is 23.2 Å². The van der Waals surface area contributed by atoms with Crippen molar-refractivity contribution in [1.29, 1.82) is 0 Å². The van der Waals surface area contributed by atoms with E-state index in [1.54, 1.807) is 13.0 Å². The van der Waals surface area contributed by atoms with Gasteiger partial charge in [0.15, 0.2) is 0 Å². The quantitative estimate of drug-likeness (QED) is 0.431. The van der Waals surface area contributed by atoms with E-state index >= 15 is 0 Å². The van der Waals surface area contributed by atoms with E-state index in [-0.39, 0.29) is 22.2 Å². The summed E-state index contributed by atoms with van der Waals surface area (Å²) in [6, 6.07) is 8.42. The molecule has 0 fully saturated rings. The molecule has 0 spiro atoms. The first-order chi connectivity index (χ1) is 14.2. The number of benzene rings is 2. The molecule has 0 radical (unpaired) electrons. The van der Waals surface area contributed by atoms with Gasteiger partial charge in [-0.3, -0.25) is 4.79 Å². The van der Waals surface area contributed by atoms with Gasteiger partial charge in [-0.1, -0.05) is 53.6 Å². The van der Waals surface area contributed by atoms with Crippen LogP contribution >= 0.6 is 23.2 Å². The Morgan fingerprint density at radius 2 is 1.74 bits per heavy atom. The Bertz CT molecular complexity index is 949. The highest BCUT2D eigenvalue weighted by molar-refractivity contribution is 6.31. The third kappa shape index (κ3) is 8.10. The van der Waals surface area contributed by atoms with Crippen LogP contribution in [0.4, 0.5) is 26.3 Å². The maximum absolute atomic E-state index is 13.6. The van der Waals surface area contributed by atoms with Crippen molar-refractivity contribution in [3.05, 3.63) is 74.8 Å². The molecule has 2 aromatic rings. The fourth-order valence-corrected chi connectivity index (χ4v) is 3.36. The lowest BCUT2D eigenvalue weighted by atomic mass is 9.95. The number of carbonyl (C=O) groups excluding carboxylic acids is 1. The van der Waals surface area contributed by atoms with Crippen molar-refractivity contribution in [1.82, 2.24) is 5.32 Å². The standard InChI is InChI=1S/C21H17Cl2F6NO/c1-12-6-15(9-16(22)7-12)17(21(27,28)29)5-3-13-2-4-14(18(23)8-13)11-30-19(31)10-20(24,25)26/h2-9,17H,10-11H2,1H3,(H,30,31)/b5-3+. The van der Waals surface area contributed by atoms with E-state index in [0.29, 0.717) is 16.7 Å². The van der Waals surface area contributed by atoms with Crippen LogP contribution in [-0.4, -0.2) is 18.3 Å². The zero-order valence-electron chi connectivity index (χ0n) is 16.0. The van der Waals surface area contributed by atoms with Crippen LogP contribution in [0.1, 0.15) is 34.6 Å². The number of aryl methyl sites for hydroxylation is 1. The summed E-state index contributed by atoms with van der Waals surface area (Å²) < 4.78 is 77.3. The van der Waals surface area contributed by atoms with Crippen LogP contribution in [0.3, 0.4) is 0 Å². The number of rotatable bonds is 6. The molecule has 2 aromatic carbocycles. The molecule has 168 valence electrons. The largest absolute Gasteiger partial charge is 0.399 e. The molecule has 0 saturated heterocycles. The number of allylic oxidation sites excluding steroid dienone is 1. The predicted octanol–water partition coefficient (Wildman–Crippen LogP) is 7.23. The molecule has 1 amide bonds. The van der Waals surface area contributed by atoms with E-state index in [9.17, 15) is 31.1 Å². The van der Waals surface area contributed by atoms with E-state index < -0.39 is 30.6 Å². The molecule has 2 rings (SSSR count). The molecular formula is C21H17Cl2F6NO. The third-order valence-corrected chi connectivity index (χ3v) is 4.74. The molecule has 0 heterocycles. The molecule has 0 aliphatic rings. The van der Waals surface area contributed by atoms with Crippen LogP contribution in [0.25, 0.3) is 6.08 Å². The summed E-state index contributed by atoms with van der Waals surface area (Å²) in [5, 5.41) is 2.38. The number of carbonyl (C=O) groups is 1. The SMILES string of the molecule is Cc1cc(Cl)cc(C(/C=C/c2ccc(CNC(=O)CC(F)(F)F)c(Cl)c2)C(F)(F)F)c1. The monoisotopic (exact) mass is 483 g/mol. The van der Waals surface area contributed by atoms with E-state index in [1.807, 2.05) is 0 Å². The summed E-state index contributed by atoms with van der Waals surface area (Å²) in [4.78, 5) is 11.3. The van der Waals surface area contributed by atoms with Crippen molar-refractivity contribution >= 4 is 35.2 Å². The predicted molar refractivity (Wildman–Crippen MR) is 108 cm³/mol. The molecule has 2 nitrogen and oxygen atoms in total. The van der Waals surface area contributed by atoms with Crippen LogP contribution in [-0.2, 0) is 11.3 Å². The van der Waals surface area contributed by atoms with Crippen molar-refractivity contribution in [3.63, 3.8) is 0 Å². The first-order valence-electron chi connectivity index (χ1n) is 8.88. The Morgan fingerprint density at radius 3 is 2.29 bits per heavy atom. The topological polar surface area (TPSA) is 29.1 Å². The molecular weight excluding hydrogens is 467 g/mol. The number of halogens is 8. The molecule has 0 aliphatic carbocycles. The second-order valence-electron chi connectivity index (χ2n) is 6.86. The van der Waals surface area contributed by atoms with Crippen molar-refractivity contribution in [2.75, 3.05) is 0 Å². The summed E-state index contributed by atoms with van der Waals surface area (Å²) in [5.74, 6) is -3.11. The first-order valence-corrected chi connectivity index (χ1v) is 9.64. The molecule has 31 heavy (non-hydrogen) atoms. The molecule has 1 atom stereocenters. The average Bonchev–Trinajstić information content (AvgIpc) is 2.57. The summed E-state index contributed by atoms with van der Waals surface area (Å²) in [5.41, 5.74) is 1.25. The van der Waals surface area contributed by atoms with Crippen LogP contribution < -0.4 is 5.32 Å². The third-order valence-electron chi connectivity index (χ3n) is 4.17. The summed E-state index contributed by atoms with van der Waals surface area (Å²) in [6.07, 6.45) is -8.58. The highest BCUT2D eigenvalue weighted by atomic mass is 35.5. The van der Waals surface area contributed by atoms with Gasteiger partial charge >= 0.3 is 12.4 Å². The van der Waals surface area contributed by atoms with Gasteiger partial charge < -0.3 is 5.32 Å². The first kappa shape index (κ1) is 25.1. The summed E-state index contributed by atoms with van der Waals surface area (Å²) >= 11 is 11.9. The molecule has 0 aromatic heterocycles. The maximum Gasteiger partial charge on any atom is 0.399 e. The maximum atomic E-state index is 13.6. The second kappa shape index (κ2) is 9.96. The van der Waals surface area contributed by atoms with Crippen LogP contribution in [0, 0.1) is 6.92 Å². The highest BCUT2D eigenvalue weighted by Crippen LogP contribution is 2.38. The zero-order chi connectivity index (χ0) is 23.4. The van der Waals surface area contributed by atoms with Crippen LogP contribution in [0.15, 0.2) is 42.5 Å². The fourth-order valence-electron chi connectivity index (χ4n) is 2.81. The lowest BCUT2D eigenvalue weighted by Gasteiger charge is -2.18. The van der Waals surface area contributed by atoms with Crippen molar-refractivity contribution in [3.8, 4) is 0 Å². The molecule has 1 unspecified atom stereocenters. The van der Waals surface area contributed by atoms with Gasteiger partial charge in [-0.15, -0.1) is 0 Å². The van der Waals surface area contributed by atoms with Gasteiger partial charge in [0.25, 0.3) is 0 Å². The summed E-state index contributed by atoms with van der Waals surface area (Å²) in [6.45, 7) is 1.39. The smallest absolute Gasteiger partial charge is 0.352 e. The van der Waals surface area contributed by atoms with Gasteiger partial charge in [0, 0.05) is 16.6 Å². The number of alkyl halides is 6. The van der Waals surface area contributed by atoms with Gasteiger partial charge in [-0.2, -0.15) is 26.3 Å². The lowest BCUT2D eigenvalue weighted by molar-refractivity contribution is -0.153.